The molecule has 0 saturated carbocycles. The number of likely N-dealkylation sites (tertiary alicyclic amines) is 1. The quantitative estimate of drug-likeness (QED) is 0.465. The highest BCUT2D eigenvalue weighted by Gasteiger charge is 2.39. The number of carbonyl (C=O) groups is 3. The van der Waals surface area contributed by atoms with Crippen LogP contribution in [0.4, 0.5) is 4.39 Å². The molecule has 1 aromatic heterocycles. The maximum absolute atomic E-state index is 13.9. The van der Waals surface area contributed by atoms with Crippen LogP contribution in [0.15, 0.2) is 48.8 Å². The number of nitrogens with zero attached hydrogens (tertiary/aromatic N) is 4. The molecule has 3 aliphatic heterocycles. The summed E-state index contributed by atoms with van der Waals surface area (Å²) in [6.07, 6.45) is 5.07. The summed E-state index contributed by atoms with van der Waals surface area (Å²) in [4.78, 5) is 40.5. The van der Waals surface area contributed by atoms with Crippen LogP contribution in [0.2, 0.25) is 0 Å². The van der Waals surface area contributed by atoms with Crippen molar-refractivity contribution in [1.29, 1.82) is 0 Å². The van der Waals surface area contributed by atoms with Gasteiger partial charge in [-0.05, 0) is 42.7 Å². The van der Waals surface area contributed by atoms with Crippen molar-refractivity contribution in [1.82, 2.24) is 24.9 Å². The first-order chi connectivity index (χ1) is 18.9. The molecule has 2 atom stereocenters. The molecule has 11 heteroatoms. The number of carbonyl (C=O) groups excluding carboxylic acids is 3. The maximum Gasteiger partial charge on any atom is 0.255 e. The Balaban J connectivity index is 1.06. The van der Waals surface area contributed by atoms with E-state index in [1.807, 2.05) is 12.3 Å². The van der Waals surface area contributed by atoms with Crippen LogP contribution in [-0.4, -0.2) is 69.6 Å². The number of halogens is 1. The SMILES string of the molecule is COc1cc(F)cc(-n2cc(CN3CC[C@H](Oc4ccc5c(c4)CN(C4CCC(=O)NC4=O)C5=O)C3)cn2)c1. The summed E-state index contributed by atoms with van der Waals surface area (Å²) in [6.45, 7) is 2.59. The van der Waals surface area contributed by atoms with E-state index in [0.717, 1.165) is 30.6 Å². The van der Waals surface area contributed by atoms with E-state index in [4.69, 9.17) is 9.47 Å². The van der Waals surface area contributed by atoms with Crippen LogP contribution >= 0.6 is 0 Å². The Kier molecular flexibility index (Phi) is 6.51. The lowest BCUT2D eigenvalue weighted by Crippen LogP contribution is -2.52. The van der Waals surface area contributed by atoms with Gasteiger partial charge >= 0.3 is 0 Å². The number of ether oxygens (including phenoxy) is 2. The summed E-state index contributed by atoms with van der Waals surface area (Å²) < 4.78 is 26.9. The van der Waals surface area contributed by atoms with E-state index < -0.39 is 11.9 Å². The first-order valence-corrected chi connectivity index (χ1v) is 12.9. The highest BCUT2D eigenvalue weighted by molar-refractivity contribution is 6.05. The van der Waals surface area contributed by atoms with E-state index in [9.17, 15) is 18.8 Å². The topological polar surface area (TPSA) is 106 Å². The number of fused-ring (bicyclic) bond motifs is 1. The van der Waals surface area contributed by atoms with Crippen LogP contribution < -0.4 is 14.8 Å². The van der Waals surface area contributed by atoms with E-state index >= 15 is 0 Å². The third-order valence-electron chi connectivity index (χ3n) is 7.43. The molecule has 39 heavy (non-hydrogen) atoms. The van der Waals surface area contributed by atoms with Gasteiger partial charge < -0.3 is 14.4 Å². The summed E-state index contributed by atoms with van der Waals surface area (Å²) in [7, 11) is 1.50. The Morgan fingerprint density at radius 2 is 1.97 bits per heavy atom. The van der Waals surface area contributed by atoms with Gasteiger partial charge in [-0.3, -0.25) is 24.6 Å². The van der Waals surface area contributed by atoms with Crippen LogP contribution in [0.3, 0.4) is 0 Å². The number of imide groups is 1. The second-order valence-corrected chi connectivity index (χ2v) is 10.1. The standard InChI is InChI=1S/C28H28FN5O5/c1-38-23-10-19(29)9-20(11-23)34-14-17(12-30-34)13-32-7-6-22(16-32)39-21-2-3-24-18(8-21)15-33(28(24)37)25-4-5-26(35)31-27(25)36/h2-3,8-12,14,22,25H,4-7,13,15-16H2,1H3,(H,31,35,36)/t22-,25?/m0/s1. The number of aromatic nitrogens is 2. The van der Waals surface area contributed by atoms with Gasteiger partial charge in [0, 0.05) is 62.1 Å². The minimum Gasteiger partial charge on any atom is -0.497 e. The normalized spacial score (nSPS) is 21.3. The predicted molar refractivity (Wildman–Crippen MR) is 137 cm³/mol. The second-order valence-electron chi connectivity index (χ2n) is 10.1. The Morgan fingerprint density at radius 1 is 1.10 bits per heavy atom. The molecule has 3 aromatic rings. The number of piperidine rings is 1. The fourth-order valence-corrected chi connectivity index (χ4v) is 5.49. The minimum absolute atomic E-state index is 0.00563. The fourth-order valence-electron chi connectivity index (χ4n) is 5.49. The van der Waals surface area contributed by atoms with E-state index in [1.54, 1.807) is 29.1 Å². The molecule has 0 radical (unpaired) electrons. The van der Waals surface area contributed by atoms with Gasteiger partial charge in [0.25, 0.3) is 5.91 Å². The van der Waals surface area contributed by atoms with Crippen molar-refractivity contribution >= 4 is 17.7 Å². The number of hydrogen-bond donors (Lipinski definition) is 1. The summed E-state index contributed by atoms with van der Waals surface area (Å²) in [5.41, 5.74) is 2.97. The average molecular weight is 534 g/mol. The van der Waals surface area contributed by atoms with Gasteiger partial charge in [0.15, 0.2) is 0 Å². The van der Waals surface area contributed by atoms with Crippen LogP contribution in [0.1, 0.15) is 40.7 Å². The first kappa shape index (κ1) is 25.1. The number of amides is 3. The molecule has 1 N–H and O–H groups in total. The van der Waals surface area contributed by atoms with Gasteiger partial charge in [-0.2, -0.15) is 5.10 Å². The molecule has 3 amide bonds. The molecule has 0 spiro atoms. The Bertz CT molecular complexity index is 1460. The van der Waals surface area contributed by atoms with Crippen molar-refractivity contribution in [3.05, 3.63) is 71.3 Å². The summed E-state index contributed by atoms with van der Waals surface area (Å²) >= 11 is 0. The molecule has 2 fully saturated rings. The number of hydrogen-bond acceptors (Lipinski definition) is 7. The van der Waals surface area contributed by atoms with Crippen molar-refractivity contribution in [3.63, 3.8) is 0 Å². The smallest absolute Gasteiger partial charge is 0.255 e. The maximum atomic E-state index is 13.9. The van der Waals surface area contributed by atoms with Crippen molar-refractivity contribution in [2.45, 2.75) is 44.5 Å². The summed E-state index contributed by atoms with van der Waals surface area (Å²) in [5.74, 6) is -0.192. The number of methoxy groups -OCH3 is 1. The number of rotatable bonds is 7. The Hall–Kier alpha value is -4.25. The largest absolute Gasteiger partial charge is 0.497 e. The molecule has 2 saturated heterocycles. The summed E-state index contributed by atoms with van der Waals surface area (Å²) in [5, 5.41) is 6.71. The third kappa shape index (κ3) is 5.09. The van der Waals surface area contributed by atoms with Gasteiger partial charge in [0.1, 0.15) is 29.5 Å². The van der Waals surface area contributed by atoms with Crippen LogP contribution in [0.5, 0.6) is 11.5 Å². The zero-order chi connectivity index (χ0) is 27.1. The van der Waals surface area contributed by atoms with Crippen molar-refractivity contribution in [2.24, 2.45) is 0 Å². The predicted octanol–water partition coefficient (Wildman–Crippen LogP) is 2.43. The Labute approximate surface area is 224 Å². The summed E-state index contributed by atoms with van der Waals surface area (Å²) in [6, 6.07) is 9.25. The van der Waals surface area contributed by atoms with E-state index in [1.165, 1.54) is 24.1 Å². The van der Waals surface area contributed by atoms with E-state index in [-0.39, 0.29) is 30.2 Å². The molecular formula is C28H28FN5O5. The van der Waals surface area contributed by atoms with E-state index in [0.29, 0.717) is 42.3 Å². The van der Waals surface area contributed by atoms with Gasteiger partial charge in [-0.1, -0.05) is 0 Å². The van der Waals surface area contributed by atoms with Crippen molar-refractivity contribution < 1.29 is 28.2 Å². The van der Waals surface area contributed by atoms with E-state index in [2.05, 4.69) is 15.3 Å². The average Bonchev–Trinajstić information content (AvgIpc) is 3.64. The molecule has 3 aliphatic rings. The van der Waals surface area contributed by atoms with Gasteiger partial charge in [0.05, 0.1) is 19.0 Å². The lowest BCUT2D eigenvalue weighted by molar-refractivity contribution is -0.136. The van der Waals surface area contributed by atoms with Gasteiger partial charge in [0.2, 0.25) is 11.8 Å². The van der Waals surface area contributed by atoms with Gasteiger partial charge in [-0.25, -0.2) is 9.07 Å². The highest BCUT2D eigenvalue weighted by atomic mass is 19.1. The molecule has 4 heterocycles. The van der Waals surface area contributed by atoms with Gasteiger partial charge in [-0.15, -0.1) is 0 Å². The zero-order valence-electron chi connectivity index (χ0n) is 21.4. The lowest BCUT2D eigenvalue weighted by Gasteiger charge is -2.29. The molecule has 1 unspecified atom stereocenters. The first-order valence-electron chi connectivity index (χ1n) is 12.9. The molecule has 6 rings (SSSR count). The van der Waals surface area contributed by atoms with Crippen molar-refractivity contribution in [3.8, 4) is 17.2 Å². The monoisotopic (exact) mass is 533 g/mol. The fraction of sp³-hybridized carbons (Fsp3) is 0.357. The van der Waals surface area contributed by atoms with Crippen LogP contribution in [-0.2, 0) is 22.7 Å². The van der Waals surface area contributed by atoms with Crippen molar-refractivity contribution in [2.75, 3.05) is 20.2 Å². The molecule has 2 aromatic carbocycles. The molecule has 0 aliphatic carbocycles. The lowest BCUT2D eigenvalue weighted by atomic mass is 10.0. The zero-order valence-corrected chi connectivity index (χ0v) is 21.4. The third-order valence-corrected chi connectivity index (χ3v) is 7.43. The molecule has 10 nitrogen and oxygen atoms in total. The Morgan fingerprint density at radius 3 is 2.79 bits per heavy atom. The minimum atomic E-state index is -0.636. The molecule has 0 bridgehead atoms. The highest BCUT2D eigenvalue weighted by Crippen LogP contribution is 2.31. The number of nitrogens with one attached hydrogen (secondary N) is 1. The second kappa shape index (κ2) is 10.1. The molecular weight excluding hydrogens is 505 g/mol. The van der Waals surface area contributed by atoms with Crippen LogP contribution in [0, 0.1) is 5.82 Å². The number of benzene rings is 2. The molecule has 202 valence electrons. The van der Waals surface area contributed by atoms with Crippen LogP contribution in [0.25, 0.3) is 5.69 Å².